The molecule has 0 heterocycles. The summed E-state index contributed by atoms with van der Waals surface area (Å²) < 4.78 is 24.4. The number of halogens is 1. The van der Waals surface area contributed by atoms with Crippen molar-refractivity contribution in [2.45, 2.75) is 38.2 Å². The van der Waals surface area contributed by atoms with Gasteiger partial charge < -0.3 is 14.6 Å². The first-order chi connectivity index (χ1) is 10.1. The van der Waals surface area contributed by atoms with Crippen LogP contribution >= 0.6 is 0 Å². The molecule has 3 nitrogen and oxygen atoms in total. The van der Waals surface area contributed by atoms with Crippen molar-refractivity contribution in [2.24, 2.45) is 17.8 Å². The topological polar surface area (TPSA) is 38.7 Å². The third-order valence-corrected chi connectivity index (χ3v) is 5.27. The first kappa shape index (κ1) is 14.6. The third-order valence-electron chi connectivity index (χ3n) is 5.27. The van der Waals surface area contributed by atoms with Crippen LogP contribution in [0.3, 0.4) is 0 Å². The molecule has 1 N–H and O–H groups in total. The molecule has 2 saturated carbocycles. The smallest absolute Gasteiger partial charge is 0.163 e. The lowest BCUT2D eigenvalue weighted by atomic mass is 9.83. The highest BCUT2D eigenvalue weighted by molar-refractivity contribution is 5.44. The van der Waals surface area contributed by atoms with Crippen LogP contribution in [0.25, 0.3) is 0 Å². The molecule has 0 saturated heterocycles. The summed E-state index contributed by atoms with van der Waals surface area (Å²) in [6, 6.07) is 2.85. The molecule has 2 aliphatic carbocycles. The fourth-order valence-electron chi connectivity index (χ4n) is 4.20. The number of rotatable bonds is 5. The van der Waals surface area contributed by atoms with Gasteiger partial charge in [-0.25, -0.2) is 4.39 Å². The van der Waals surface area contributed by atoms with Crippen LogP contribution in [0.5, 0.6) is 11.5 Å². The van der Waals surface area contributed by atoms with Crippen LogP contribution in [0.15, 0.2) is 12.1 Å². The zero-order valence-corrected chi connectivity index (χ0v) is 12.6. The number of aliphatic hydroxyl groups is 1. The van der Waals surface area contributed by atoms with Gasteiger partial charge in [0.2, 0.25) is 0 Å². The van der Waals surface area contributed by atoms with Crippen molar-refractivity contribution in [3.05, 3.63) is 23.5 Å². The molecule has 0 aromatic heterocycles. The van der Waals surface area contributed by atoms with E-state index in [1.165, 1.54) is 46.0 Å². The molecule has 4 atom stereocenters. The monoisotopic (exact) mass is 294 g/mol. The summed E-state index contributed by atoms with van der Waals surface area (Å²) in [5.41, 5.74) is 0.315. The van der Waals surface area contributed by atoms with Crippen LogP contribution in [0.2, 0.25) is 0 Å². The third kappa shape index (κ3) is 2.73. The maximum Gasteiger partial charge on any atom is 0.163 e. The molecule has 2 aliphatic rings. The molecular weight excluding hydrogens is 271 g/mol. The van der Waals surface area contributed by atoms with Crippen LogP contribution in [0, 0.1) is 23.6 Å². The Balaban J connectivity index is 1.76. The van der Waals surface area contributed by atoms with Crippen molar-refractivity contribution < 1.29 is 19.0 Å². The van der Waals surface area contributed by atoms with Gasteiger partial charge in [-0.3, -0.25) is 0 Å². The lowest BCUT2D eigenvalue weighted by Crippen LogP contribution is -2.15. The second-order valence-electron chi connectivity index (χ2n) is 6.42. The van der Waals surface area contributed by atoms with E-state index in [4.69, 9.17) is 9.47 Å². The molecule has 2 bridgehead atoms. The SMILES string of the molecule is COc1cc(F)c(C(O)CC2CC3CCC2C3)cc1OC. The first-order valence-electron chi connectivity index (χ1n) is 7.71. The highest BCUT2D eigenvalue weighted by Gasteiger charge is 2.40. The average Bonchev–Trinajstić information content (AvgIpc) is 3.09. The number of benzene rings is 1. The minimum Gasteiger partial charge on any atom is -0.493 e. The fraction of sp³-hybridized carbons (Fsp3) is 0.647. The van der Waals surface area contributed by atoms with Gasteiger partial charge in [-0.05, 0) is 49.5 Å². The molecule has 0 amide bonds. The standard InChI is InChI=1S/C17H23FO3/c1-20-16-8-13(14(18)9-17(16)21-2)15(19)7-12-6-10-3-4-11(12)5-10/h8-12,15,19H,3-7H2,1-2H3. The van der Waals surface area contributed by atoms with Crippen molar-refractivity contribution in [3.8, 4) is 11.5 Å². The summed E-state index contributed by atoms with van der Waals surface area (Å²) in [6.07, 6.45) is 4.98. The molecule has 4 heteroatoms. The van der Waals surface area contributed by atoms with Gasteiger partial charge in [0, 0.05) is 11.6 Å². The van der Waals surface area contributed by atoms with Gasteiger partial charge in [-0.15, -0.1) is 0 Å². The summed E-state index contributed by atoms with van der Waals surface area (Å²) in [4.78, 5) is 0. The molecule has 116 valence electrons. The zero-order chi connectivity index (χ0) is 15.0. The van der Waals surface area contributed by atoms with Gasteiger partial charge in [0.25, 0.3) is 0 Å². The number of hydrogen-bond acceptors (Lipinski definition) is 3. The number of aliphatic hydroxyl groups excluding tert-OH is 1. The van der Waals surface area contributed by atoms with E-state index in [-0.39, 0.29) is 0 Å². The van der Waals surface area contributed by atoms with Gasteiger partial charge in [-0.1, -0.05) is 6.42 Å². The molecule has 21 heavy (non-hydrogen) atoms. The lowest BCUT2D eigenvalue weighted by Gasteiger charge is -2.24. The molecule has 2 fully saturated rings. The molecule has 3 rings (SSSR count). The van der Waals surface area contributed by atoms with E-state index in [0.29, 0.717) is 29.4 Å². The lowest BCUT2D eigenvalue weighted by molar-refractivity contribution is 0.121. The van der Waals surface area contributed by atoms with Crippen molar-refractivity contribution in [1.82, 2.24) is 0 Å². The summed E-state index contributed by atoms with van der Waals surface area (Å²) in [6.45, 7) is 0. The minimum atomic E-state index is -0.769. The van der Waals surface area contributed by atoms with E-state index in [2.05, 4.69) is 0 Å². The maximum atomic E-state index is 14.2. The molecule has 1 aromatic rings. The van der Waals surface area contributed by atoms with Crippen molar-refractivity contribution in [3.63, 3.8) is 0 Å². The summed E-state index contributed by atoms with van der Waals surface area (Å²) in [5.74, 6) is 2.48. The molecule has 0 aliphatic heterocycles. The number of hydrogen-bond donors (Lipinski definition) is 1. The molecular formula is C17H23FO3. The molecule has 4 unspecified atom stereocenters. The molecule has 0 radical (unpaired) electrons. The largest absolute Gasteiger partial charge is 0.493 e. The van der Waals surface area contributed by atoms with E-state index in [0.717, 1.165) is 11.8 Å². The van der Waals surface area contributed by atoms with Crippen LogP contribution in [0.1, 0.15) is 43.8 Å². The summed E-state index contributed by atoms with van der Waals surface area (Å²) in [7, 11) is 2.99. The fourth-order valence-corrected chi connectivity index (χ4v) is 4.20. The van der Waals surface area contributed by atoms with E-state index in [1.807, 2.05) is 0 Å². The van der Waals surface area contributed by atoms with Crippen LogP contribution in [-0.2, 0) is 0 Å². The number of fused-ring (bicyclic) bond motifs is 2. The quantitative estimate of drug-likeness (QED) is 0.900. The van der Waals surface area contributed by atoms with Crippen LogP contribution in [-0.4, -0.2) is 19.3 Å². The normalized spacial score (nSPS) is 28.7. The predicted molar refractivity (Wildman–Crippen MR) is 78.0 cm³/mol. The Morgan fingerprint density at radius 2 is 1.90 bits per heavy atom. The van der Waals surface area contributed by atoms with Gasteiger partial charge in [0.05, 0.1) is 20.3 Å². The van der Waals surface area contributed by atoms with Gasteiger partial charge in [0.1, 0.15) is 5.82 Å². The minimum absolute atomic E-state index is 0.315. The van der Waals surface area contributed by atoms with Crippen molar-refractivity contribution >= 4 is 0 Å². The predicted octanol–water partition coefficient (Wildman–Crippen LogP) is 3.70. The average molecular weight is 294 g/mol. The number of ether oxygens (including phenoxy) is 2. The number of methoxy groups -OCH3 is 2. The Labute approximate surface area is 125 Å². The highest BCUT2D eigenvalue weighted by atomic mass is 19.1. The van der Waals surface area contributed by atoms with Crippen LogP contribution in [0.4, 0.5) is 4.39 Å². The summed E-state index contributed by atoms with van der Waals surface area (Å²) >= 11 is 0. The van der Waals surface area contributed by atoms with E-state index < -0.39 is 11.9 Å². The highest BCUT2D eigenvalue weighted by Crippen LogP contribution is 2.51. The van der Waals surface area contributed by atoms with E-state index in [1.54, 1.807) is 6.07 Å². The van der Waals surface area contributed by atoms with Gasteiger partial charge in [0.15, 0.2) is 11.5 Å². The Kier molecular flexibility index (Phi) is 4.07. The second kappa shape index (κ2) is 5.84. The van der Waals surface area contributed by atoms with Gasteiger partial charge in [-0.2, -0.15) is 0 Å². The van der Waals surface area contributed by atoms with Gasteiger partial charge >= 0.3 is 0 Å². The van der Waals surface area contributed by atoms with Crippen molar-refractivity contribution in [1.29, 1.82) is 0 Å². The maximum absolute atomic E-state index is 14.2. The van der Waals surface area contributed by atoms with E-state index in [9.17, 15) is 9.50 Å². The molecule has 0 spiro atoms. The Morgan fingerprint density at radius 1 is 1.19 bits per heavy atom. The zero-order valence-electron chi connectivity index (χ0n) is 12.6. The Bertz CT molecular complexity index is 517. The Morgan fingerprint density at radius 3 is 2.48 bits per heavy atom. The second-order valence-corrected chi connectivity index (χ2v) is 6.42. The van der Waals surface area contributed by atoms with Crippen molar-refractivity contribution in [2.75, 3.05) is 14.2 Å². The summed E-state index contributed by atoms with van der Waals surface area (Å²) in [5, 5.41) is 10.4. The first-order valence-corrected chi connectivity index (χ1v) is 7.71. The van der Waals surface area contributed by atoms with E-state index >= 15 is 0 Å². The van der Waals surface area contributed by atoms with Crippen LogP contribution < -0.4 is 9.47 Å². The molecule has 1 aromatic carbocycles. The Hall–Kier alpha value is -1.29.